The Morgan fingerprint density at radius 1 is 1.23 bits per heavy atom. The number of thiazole rings is 1. The predicted octanol–water partition coefficient (Wildman–Crippen LogP) is 3.61. The van der Waals surface area contributed by atoms with Crippen LogP contribution in [0.4, 0.5) is 5.69 Å². The van der Waals surface area contributed by atoms with Crippen molar-refractivity contribution >= 4 is 28.7 Å². The van der Waals surface area contributed by atoms with Crippen molar-refractivity contribution in [2.24, 2.45) is 0 Å². The maximum atomic E-state index is 12.8. The summed E-state index contributed by atoms with van der Waals surface area (Å²) in [4.78, 5) is 34.2. The zero-order chi connectivity index (χ0) is 21.8. The summed E-state index contributed by atoms with van der Waals surface area (Å²) in [5, 5.41) is 9.56. The quantitative estimate of drug-likeness (QED) is 0.614. The summed E-state index contributed by atoms with van der Waals surface area (Å²) < 4.78 is 12.9. The van der Waals surface area contributed by atoms with Crippen molar-refractivity contribution in [2.45, 2.75) is 32.7 Å². The molecule has 0 aliphatic carbocycles. The van der Waals surface area contributed by atoms with Crippen LogP contribution in [-0.2, 0) is 4.74 Å². The Kier molecular flexibility index (Phi) is 6.38. The van der Waals surface area contributed by atoms with Gasteiger partial charge in [0.2, 0.25) is 5.88 Å². The van der Waals surface area contributed by atoms with Gasteiger partial charge in [0.15, 0.2) is 11.5 Å². The highest BCUT2D eigenvalue weighted by molar-refractivity contribution is 7.13. The van der Waals surface area contributed by atoms with Crippen molar-refractivity contribution in [3.8, 4) is 16.5 Å². The number of rotatable bonds is 1. The fourth-order valence-corrected chi connectivity index (χ4v) is 3.83. The average molecular weight is 442 g/mol. The number of anilines is 1. The molecule has 0 unspecified atom stereocenters. The van der Waals surface area contributed by atoms with Crippen LogP contribution in [0.1, 0.15) is 53.7 Å². The maximum Gasteiger partial charge on any atom is 0.275 e. The lowest BCUT2D eigenvalue weighted by Crippen LogP contribution is -2.15. The van der Waals surface area contributed by atoms with Gasteiger partial charge in [-0.3, -0.25) is 14.3 Å². The van der Waals surface area contributed by atoms with Crippen LogP contribution in [0.5, 0.6) is 5.88 Å². The second kappa shape index (κ2) is 9.36. The van der Waals surface area contributed by atoms with Gasteiger partial charge in [-0.1, -0.05) is 0 Å². The lowest BCUT2D eigenvalue weighted by Gasteiger charge is -2.08. The molecule has 4 heterocycles. The lowest BCUT2D eigenvalue weighted by atomic mass is 10.1. The number of fused-ring (bicyclic) bond motifs is 6. The molecule has 0 saturated heterocycles. The van der Waals surface area contributed by atoms with Crippen molar-refractivity contribution in [1.82, 2.24) is 19.7 Å². The van der Waals surface area contributed by atoms with E-state index < -0.39 is 5.91 Å². The lowest BCUT2D eigenvalue weighted by molar-refractivity contribution is 0.0861. The number of hydrogen-bond donors (Lipinski definition) is 1. The van der Waals surface area contributed by atoms with Gasteiger partial charge in [-0.15, -0.1) is 11.3 Å². The third kappa shape index (κ3) is 4.97. The topological polar surface area (TPSA) is 108 Å². The van der Waals surface area contributed by atoms with E-state index in [-0.39, 0.29) is 29.6 Å². The molecule has 162 valence electrons. The summed E-state index contributed by atoms with van der Waals surface area (Å²) >= 11 is 1.35. The first-order chi connectivity index (χ1) is 15.0. The molecule has 4 rings (SSSR count). The van der Waals surface area contributed by atoms with E-state index in [0.717, 1.165) is 5.56 Å². The molecule has 31 heavy (non-hydrogen) atoms. The minimum Gasteiger partial charge on any atom is -0.475 e. The minimum absolute atomic E-state index is 0.0499. The first-order valence-electron chi connectivity index (χ1n) is 10.1. The monoisotopic (exact) mass is 441 g/mol. The van der Waals surface area contributed by atoms with Gasteiger partial charge in [-0.2, -0.15) is 5.10 Å². The van der Waals surface area contributed by atoms with E-state index in [0.29, 0.717) is 42.8 Å². The number of Topliss-reactive ketones (excluding diaryl/α,β-unsaturated/α-hetero) is 1. The molecule has 3 aromatic rings. The molecule has 1 aliphatic rings. The van der Waals surface area contributed by atoms with Gasteiger partial charge in [0.05, 0.1) is 12.3 Å². The number of pyridine rings is 1. The van der Waals surface area contributed by atoms with Crippen LogP contribution in [0.25, 0.3) is 10.6 Å². The molecule has 0 aromatic carbocycles. The van der Waals surface area contributed by atoms with E-state index in [1.54, 1.807) is 28.5 Å². The van der Waals surface area contributed by atoms with Gasteiger partial charge in [0.1, 0.15) is 17.3 Å². The highest BCUT2D eigenvalue weighted by atomic mass is 32.1. The fraction of sp³-hybridized carbons (Fsp3) is 0.381. The number of hydrogen-bond acceptors (Lipinski definition) is 8. The minimum atomic E-state index is -0.394. The fourth-order valence-electron chi connectivity index (χ4n) is 3.03. The zero-order valence-corrected chi connectivity index (χ0v) is 18.1. The zero-order valence-electron chi connectivity index (χ0n) is 17.3. The molecule has 0 atom stereocenters. The molecule has 0 radical (unpaired) electrons. The van der Waals surface area contributed by atoms with Crippen molar-refractivity contribution in [1.29, 1.82) is 0 Å². The second-order valence-electron chi connectivity index (χ2n) is 7.33. The third-order valence-corrected chi connectivity index (χ3v) is 5.55. The number of carbonyl (C=O) groups is 2. The molecular formula is C21H23N5O4S. The van der Waals surface area contributed by atoms with Gasteiger partial charge >= 0.3 is 0 Å². The normalized spacial score (nSPS) is 15.6. The van der Waals surface area contributed by atoms with Crippen molar-refractivity contribution in [3.63, 3.8) is 0 Å². The molecule has 0 spiro atoms. The Hall–Kier alpha value is -3.11. The molecular weight excluding hydrogens is 418 g/mol. The number of carbonyl (C=O) groups excluding carboxylic acids is 2. The molecule has 4 bridgehead atoms. The Morgan fingerprint density at radius 2 is 2.10 bits per heavy atom. The molecule has 0 saturated carbocycles. The van der Waals surface area contributed by atoms with Crippen LogP contribution in [0.15, 0.2) is 29.9 Å². The molecule has 1 amide bonds. The Morgan fingerprint density at radius 3 is 2.94 bits per heavy atom. The summed E-state index contributed by atoms with van der Waals surface area (Å²) in [7, 11) is 0. The number of ketones is 1. The summed E-state index contributed by atoms with van der Waals surface area (Å²) in [6, 6.07) is 3.65. The summed E-state index contributed by atoms with van der Waals surface area (Å²) in [6.07, 6.45) is 4.14. The van der Waals surface area contributed by atoms with Crippen molar-refractivity contribution in [3.05, 3.63) is 41.3 Å². The van der Waals surface area contributed by atoms with E-state index in [2.05, 4.69) is 20.4 Å². The Bertz CT molecular complexity index is 1090. The molecule has 1 aliphatic heterocycles. The van der Waals surface area contributed by atoms with Crippen LogP contribution < -0.4 is 10.1 Å². The van der Waals surface area contributed by atoms with E-state index >= 15 is 0 Å². The van der Waals surface area contributed by atoms with Gasteiger partial charge in [-0.05, 0) is 26.3 Å². The summed E-state index contributed by atoms with van der Waals surface area (Å²) in [6.45, 7) is 5.08. The van der Waals surface area contributed by atoms with Crippen molar-refractivity contribution < 1.29 is 19.1 Å². The smallest absolute Gasteiger partial charge is 0.275 e. The van der Waals surface area contributed by atoms with Crippen LogP contribution in [-0.4, -0.2) is 51.3 Å². The van der Waals surface area contributed by atoms with Crippen LogP contribution in [0, 0.1) is 0 Å². The molecule has 3 aromatic heterocycles. The van der Waals surface area contributed by atoms with Crippen LogP contribution in [0.2, 0.25) is 0 Å². The molecule has 9 nitrogen and oxygen atoms in total. The first-order valence-corrected chi connectivity index (χ1v) is 11.0. The predicted molar refractivity (Wildman–Crippen MR) is 116 cm³/mol. The van der Waals surface area contributed by atoms with Crippen molar-refractivity contribution in [2.75, 3.05) is 25.1 Å². The van der Waals surface area contributed by atoms with Gasteiger partial charge in [-0.25, -0.2) is 9.97 Å². The third-order valence-electron chi connectivity index (χ3n) is 4.66. The number of ether oxygens (including phenoxy) is 2. The maximum absolute atomic E-state index is 12.8. The number of aromatic nitrogens is 4. The molecule has 10 heteroatoms. The van der Waals surface area contributed by atoms with Gasteiger partial charge in [0.25, 0.3) is 5.91 Å². The highest BCUT2D eigenvalue weighted by Gasteiger charge is 2.21. The number of nitrogens with one attached hydrogen (secondary N) is 1. The number of nitrogens with zero attached hydrogens (tertiary/aromatic N) is 4. The van der Waals surface area contributed by atoms with E-state index in [1.165, 1.54) is 11.3 Å². The van der Waals surface area contributed by atoms with Gasteiger partial charge in [0, 0.05) is 48.5 Å². The van der Waals surface area contributed by atoms with Gasteiger partial charge < -0.3 is 14.8 Å². The number of amides is 1. The molecule has 1 N–H and O–H groups in total. The van der Waals surface area contributed by atoms with E-state index in [1.807, 2.05) is 19.9 Å². The standard InChI is InChI=1S/C21H23N5O4S/c1-13(2)26-11-15-19(25-26)17(27)4-3-7-29-8-9-30-18-10-14(5-6-22-18)21-24-16(12-31-21)20(28)23-15/h5-6,10-13H,3-4,7-9H2,1-2H3,(H,23,28). The molecule has 0 fully saturated rings. The average Bonchev–Trinajstić information content (AvgIpc) is 3.40. The highest BCUT2D eigenvalue weighted by Crippen LogP contribution is 2.27. The summed E-state index contributed by atoms with van der Waals surface area (Å²) in [5.74, 6) is -0.0759. The van der Waals surface area contributed by atoms with E-state index in [4.69, 9.17) is 9.47 Å². The largest absolute Gasteiger partial charge is 0.475 e. The first kappa shape index (κ1) is 21.1. The SMILES string of the molecule is CC(C)n1cc2c(n1)C(=O)CCCOCCOc1cc(ccn1)-c1nc(cs1)C(=O)N2. The Balaban J connectivity index is 1.66. The Labute approximate surface area is 183 Å². The van der Waals surface area contributed by atoms with E-state index in [9.17, 15) is 9.59 Å². The second-order valence-corrected chi connectivity index (χ2v) is 8.19. The van der Waals surface area contributed by atoms with Crippen LogP contribution >= 0.6 is 11.3 Å². The van der Waals surface area contributed by atoms with Crippen LogP contribution in [0.3, 0.4) is 0 Å². The summed E-state index contributed by atoms with van der Waals surface area (Å²) in [5.41, 5.74) is 1.71.